The maximum absolute atomic E-state index is 13.1. The third-order valence-corrected chi connectivity index (χ3v) is 6.33. The van der Waals surface area contributed by atoms with E-state index in [2.05, 4.69) is 15.8 Å². The van der Waals surface area contributed by atoms with Crippen LogP contribution in [0.2, 0.25) is 10.0 Å². The number of amides is 2. The van der Waals surface area contributed by atoms with Crippen molar-refractivity contribution in [2.24, 2.45) is 5.10 Å². The number of hydrogen-bond acceptors (Lipinski definition) is 5. The molecule has 0 fully saturated rings. The Balaban J connectivity index is 1.48. The van der Waals surface area contributed by atoms with Gasteiger partial charge in [0.15, 0.2) is 6.10 Å². The fourth-order valence-electron chi connectivity index (χ4n) is 3.82. The number of aromatic hydroxyl groups is 1. The SMILES string of the molecule is C[C@@H](Oc1ccc(Cl)cc1Cl)C(=O)N[C@@H](Cc1ccccc1)C(=O)N/N=C\c1c(O)ccc2ccccc12. The summed E-state index contributed by atoms with van der Waals surface area (Å²) in [5.74, 6) is -0.720. The fraction of sp³-hybridized carbons (Fsp3) is 0.138. The third-order valence-electron chi connectivity index (χ3n) is 5.80. The molecule has 0 aromatic heterocycles. The lowest BCUT2D eigenvalue weighted by Gasteiger charge is -2.21. The molecule has 0 aliphatic rings. The fourth-order valence-corrected chi connectivity index (χ4v) is 4.27. The molecule has 0 spiro atoms. The van der Waals surface area contributed by atoms with Gasteiger partial charge in [-0.05, 0) is 47.5 Å². The first-order valence-corrected chi connectivity index (χ1v) is 12.6. The quantitative estimate of drug-likeness (QED) is 0.189. The number of benzene rings is 4. The summed E-state index contributed by atoms with van der Waals surface area (Å²) in [4.78, 5) is 26.1. The number of phenols is 1. The zero-order valence-corrected chi connectivity index (χ0v) is 21.9. The number of ether oxygens (including phenoxy) is 1. The Morgan fingerprint density at radius 3 is 2.47 bits per heavy atom. The molecule has 3 N–H and O–H groups in total. The summed E-state index contributed by atoms with van der Waals surface area (Å²) in [5, 5.41) is 19.5. The molecule has 7 nitrogen and oxygen atoms in total. The lowest BCUT2D eigenvalue weighted by atomic mass is 10.0. The van der Waals surface area contributed by atoms with Crippen LogP contribution in [0.3, 0.4) is 0 Å². The van der Waals surface area contributed by atoms with Gasteiger partial charge in [0, 0.05) is 17.0 Å². The average molecular weight is 550 g/mol. The van der Waals surface area contributed by atoms with Crippen molar-refractivity contribution in [3.63, 3.8) is 0 Å². The van der Waals surface area contributed by atoms with Gasteiger partial charge < -0.3 is 15.2 Å². The maximum Gasteiger partial charge on any atom is 0.262 e. The number of halogens is 2. The molecule has 2 amide bonds. The zero-order chi connectivity index (χ0) is 27.1. The van der Waals surface area contributed by atoms with Gasteiger partial charge in [-0.15, -0.1) is 0 Å². The van der Waals surface area contributed by atoms with Gasteiger partial charge in [-0.2, -0.15) is 5.10 Å². The summed E-state index contributed by atoms with van der Waals surface area (Å²) >= 11 is 12.1. The first kappa shape index (κ1) is 27.0. The average Bonchev–Trinajstić information content (AvgIpc) is 2.91. The molecule has 0 saturated heterocycles. The first-order valence-electron chi connectivity index (χ1n) is 11.8. The molecule has 2 atom stereocenters. The van der Waals surface area contributed by atoms with Crippen LogP contribution in [0.4, 0.5) is 0 Å². The smallest absolute Gasteiger partial charge is 0.262 e. The molecule has 0 aliphatic heterocycles. The highest BCUT2D eigenvalue weighted by atomic mass is 35.5. The van der Waals surface area contributed by atoms with Crippen molar-refractivity contribution in [2.75, 3.05) is 0 Å². The maximum atomic E-state index is 13.1. The third kappa shape index (κ3) is 6.82. The normalized spacial score (nSPS) is 12.7. The molecule has 0 aliphatic carbocycles. The molecule has 38 heavy (non-hydrogen) atoms. The lowest BCUT2D eigenvalue weighted by Crippen LogP contribution is -2.50. The van der Waals surface area contributed by atoms with E-state index in [0.717, 1.165) is 16.3 Å². The Bertz CT molecular complexity index is 1480. The van der Waals surface area contributed by atoms with E-state index < -0.39 is 24.0 Å². The van der Waals surface area contributed by atoms with Crippen LogP contribution in [0.1, 0.15) is 18.1 Å². The first-order chi connectivity index (χ1) is 18.3. The predicted octanol–water partition coefficient (Wildman–Crippen LogP) is 5.50. The van der Waals surface area contributed by atoms with Crippen molar-refractivity contribution in [3.8, 4) is 11.5 Å². The Morgan fingerprint density at radius 2 is 1.71 bits per heavy atom. The van der Waals surface area contributed by atoms with Gasteiger partial charge >= 0.3 is 0 Å². The second-order valence-corrected chi connectivity index (χ2v) is 9.38. The van der Waals surface area contributed by atoms with Gasteiger partial charge in [0.25, 0.3) is 11.8 Å². The number of nitrogens with zero attached hydrogens (tertiary/aromatic N) is 1. The van der Waals surface area contributed by atoms with Crippen molar-refractivity contribution in [1.29, 1.82) is 0 Å². The van der Waals surface area contributed by atoms with Crippen molar-refractivity contribution in [1.82, 2.24) is 10.7 Å². The Kier molecular flexibility index (Phi) is 8.84. The van der Waals surface area contributed by atoms with E-state index >= 15 is 0 Å². The standard InChI is InChI=1S/C29H25Cl2N3O4/c1-18(38-27-14-12-21(30)16-24(27)31)28(36)33-25(15-19-7-3-2-4-8-19)29(37)34-32-17-23-22-10-6-5-9-20(22)11-13-26(23)35/h2-14,16-18,25,35H,15H2,1H3,(H,33,36)(H,34,37)/b32-17-/t18-,25+/m1/s1. The Morgan fingerprint density at radius 1 is 0.974 bits per heavy atom. The van der Waals surface area contributed by atoms with E-state index in [1.807, 2.05) is 54.6 Å². The topological polar surface area (TPSA) is 100 Å². The molecule has 4 aromatic rings. The number of phenolic OH excluding ortho intramolecular Hbond substituents is 1. The van der Waals surface area contributed by atoms with Crippen molar-refractivity contribution < 1.29 is 19.4 Å². The number of fused-ring (bicyclic) bond motifs is 1. The summed E-state index contributed by atoms with van der Waals surface area (Å²) in [6.45, 7) is 1.55. The van der Waals surface area contributed by atoms with E-state index in [9.17, 15) is 14.7 Å². The minimum absolute atomic E-state index is 0.0303. The van der Waals surface area contributed by atoms with Crippen LogP contribution in [0.15, 0.2) is 90.0 Å². The molecule has 194 valence electrons. The number of carbonyl (C=O) groups is 2. The van der Waals surface area contributed by atoms with Crippen LogP contribution < -0.4 is 15.5 Å². The van der Waals surface area contributed by atoms with Crippen LogP contribution in [-0.4, -0.2) is 35.3 Å². The molecule has 0 saturated carbocycles. The second-order valence-electron chi connectivity index (χ2n) is 8.54. The number of hydrogen-bond donors (Lipinski definition) is 3. The monoisotopic (exact) mass is 549 g/mol. The van der Waals surface area contributed by atoms with Crippen LogP contribution in [0.5, 0.6) is 11.5 Å². The largest absolute Gasteiger partial charge is 0.507 e. The summed E-state index contributed by atoms with van der Waals surface area (Å²) in [5.41, 5.74) is 3.79. The van der Waals surface area contributed by atoms with Gasteiger partial charge in [-0.25, -0.2) is 5.43 Å². The van der Waals surface area contributed by atoms with Crippen molar-refractivity contribution in [3.05, 3.63) is 106 Å². The minimum atomic E-state index is -0.949. The summed E-state index contributed by atoms with van der Waals surface area (Å²) < 4.78 is 5.69. The Labute approximate surface area is 230 Å². The van der Waals surface area contributed by atoms with Crippen molar-refractivity contribution >= 4 is 52.0 Å². The number of nitrogens with one attached hydrogen (secondary N) is 2. The molecule has 0 unspecified atom stereocenters. The molecule has 4 rings (SSSR count). The molecular formula is C29H25Cl2N3O4. The van der Waals surface area contributed by atoms with Gasteiger partial charge in [0.1, 0.15) is 17.5 Å². The molecular weight excluding hydrogens is 525 g/mol. The molecule has 0 bridgehead atoms. The lowest BCUT2D eigenvalue weighted by molar-refractivity contribution is -0.132. The predicted molar refractivity (Wildman–Crippen MR) is 150 cm³/mol. The highest BCUT2D eigenvalue weighted by molar-refractivity contribution is 6.35. The van der Waals surface area contributed by atoms with E-state index in [-0.39, 0.29) is 17.2 Å². The number of rotatable bonds is 9. The van der Waals surface area contributed by atoms with Crippen LogP contribution in [0.25, 0.3) is 10.8 Å². The van der Waals surface area contributed by atoms with E-state index in [1.165, 1.54) is 12.3 Å². The van der Waals surface area contributed by atoms with E-state index in [4.69, 9.17) is 27.9 Å². The second kappa shape index (κ2) is 12.4. The Hall–Kier alpha value is -4.07. The molecule has 9 heteroatoms. The summed E-state index contributed by atoms with van der Waals surface area (Å²) in [6.07, 6.45) is 0.656. The van der Waals surface area contributed by atoms with Gasteiger partial charge in [0.2, 0.25) is 0 Å². The highest BCUT2D eigenvalue weighted by Crippen LogP contribution is 2.28. The van der Waals surface area contributed by atoms with Crippen LogP contribution in [0, 0.1) is 0 Å². The molecule has 4 aromatic carbocycles. The van der Waals surface area contributed by atoms with Crippen LogP contribution in [-0.2, 0) is 16.0 Å². The van der Waals surface area contributed by atoms with Crippen LogP contribution >= 0.6 is 23.2 Å². The number of carbonyl (C=O) groups excluding carboxylic acids is 2. The van der Waals surface area contributed by atoms with Gasteiger partial charge in [-0.1, -0.05) is 83.9 Å². The summed E-state index contributed by atoms with van der Waals surface area (Å²) in [7, 11) is 0. The van der Waals surface area contributed by atoms with E-state index in [1.54, 1.807) is 31.2 Å². The van der Waals surface area contributed by atoms with Gasteiger partial charge in [-0.3, -0.25) is 9.59 Å². The van der Waals surface area contributed by atoms with E-state index in [0.29, 0.717) is 16.3 Å². The molecule has 0 heterocycles. The van der Waals surface area contributed by atoms with Crippen molar-refractivity contribution in [2.45, 2.75) is 25.5 Å². The highest BCUT2D eigenvalue weighted by Gasteiger charge is 2.25. The molecule has 0 radical (unpaired) electrons. The van der Waals surface area contributed by atoms with Gasteiger partial charge in [0.05, 0.1) is 11.2 Å². The minimum Gasteiger partial charge on any atom is -0.507 e. The number of hydrazone groups is 1. The zero-order valence-electron chi connectivity index (χ0n) is 20.4. The summed E-state index contributed by atoms with van der Waals surface area (Å²) in [6, 6.07) is 23.9.